The number of rotatable bonds is 14. The topological polar surface area (TPSA) is 101 Å². The van der Waals surface area contributed by atoms with Crippen molar-refractivity contribution >= 4 is 10.4 Å². The first-order valence-electron chi connectivity index (χ1n) is 7.69. The van der Waals surface area contributed by atoms with Crippen LogP contribution in [-0.2, 0) is 33.6 Å². The van der Waals surface area contributed by atoms with E-state index in [1.54, 1.807) is 0 Å². The molecule has 0 aromatic rings. The van der Waals surface area contributed by atoms with Gasteiger partial charge in [-0.3, -0.25) is 4.89 Å². The van der Waals surface area contributed by atoms with E-state index in [1.165, 1.54) is 32.1 Å². The van der Waals surface area contributed by atoms with Crippen molar-refractivity contribution < 1.29 is 36.7 Å². The monoisotopic (exact) mass is 352 g/mol. The van der Waals surface area contributed by atoms with Crippen LogP contribution in [0.1, 0.15) is 57.8 Å². The Morgan fingerprint density at radius 3 is 2.17 bits per heavy atom. The molecule has 0 saturated carbocycles. The van der Waals surface area contributed by atoms with Gasteiger partial charge in [0, 0.05) is 0 Å². The van der Waals surface area contributed by atoms with Gasteiger partial charge in [-0.2, -0.15) is 4.89 Å². The molecule has 1 saturated heterocycles. The molecule has 1 heterocycles. The Balaban J connectivity index is 1.83. The molecule has 0 amide bonds. The van der Waals surface area contributed by atoms with E-state index < -0.39 is 22.3 Å². The zero-order chi connectivity index (χ0) is 17.0. The highest BCUT2D eigenvalue weighted by molar-refractivity contribution is 7.83. The third kappa shape index (κ3) is 9.32. The van der Waals surface area contributed by atoms with Crippen LogP contribution in [0.15, 0.2) is 24.5 Å². The van der Waals surface area contributed by atoms with E-state index in [0.717, 1.165) is 25.7 Å². The van der Waals surface area contributed by atoms with Gasteiger partial charge in [-0.1, -0.05) is 44.6 Å². The molecule has 1 aliphatic rings. The lowest BCUT2D eigenvalue weighted by molar-refractivity contribution is -0.507. The molecule has 0 spiro atoms. The van der Waals surface area contributed by atoms with E-state index in [9.17, 15) is 8.42 Å². The van der Waals surface area contributed by atoms with Gasteiger partial charge in [0.1, 0.15) is 0 Å². The molecule has 0 aromatic carbocycles. The van der Waals surface area contributed by atoms with E-state index in [-0.39, 0.29) is 0 Å². The summed E-state index contributed by atoms with van der Waals surface area (Å²) in [6.45, 7) is 3.99. The van der Waals surface area contributed by atoms with Gasteiger partial charge in [-0.15, -0.1) is 15.0 Å². The van der Waals surface area contributed by atoms with Gasteiger partial charge < -0.3 is 13.5 Å². The molecule has 1 fully saturated rings. The van der Waals surface area contributed by atoms with Crippen molar-refractivity contribution in [3.05, 3.63) is 24.5 Å². The highest BCUT2D eigenvalue weighted by Gasteiger charge is 2.37. The van der Waals surface area contributed by atoms with E-state index in [2.05, 4.69) is 29.8 Å². The van der Waals surface area contributed by atoms with Crippen LogP contribution in [0.25, 0.3) is 0 Å². The summed E-state index contributed by atoms with van der Waals surface area (Å²) in [5, 5.41) is 13.3. The second-order valence-corrected chi connectivity index (χ2v) is 6.20. The Bertz CT molecular complexity index is 457. The summed E-state index contributed by atoms with van der Waals surface area (Å²) in [7, 11) is -4.03. The minimum atomic E-state index is -4.03. The van der Waals surface area contributed by atoms with Crippen molar-refractivity contribution in [3.8, 4) is 0 Å². The molecule has 8 nitrogen and oxygen atoms in total. The van der Waals surface area contributed by atoms with E-state index in [1.807, 2.05) is 6.08 Å². The lowest BCUT2D eigenvalue weighted by atomic mass is 10.1. The molecular weight excluding hydrogens is 328 g/mol. The standard InChI is InChI=1S/C14H24O8S/c1-2-3-4-5-6-7-8-9-10-11-12-18-22-19-13(15)14-20-23(16,17)21-14/h2,15H,1,3-12H2. The van der Waals surface area contributed by atoms with Crippen molar-refractivity contribution in [3.63, 3.8) is 0 Å². The van der Waals surface area contributed by atoms with Crippen LogP contribution in [0.3, 0.4) is 0 Å². The smallest absolute Gasteiger partial charge is 0.474 e. The minimum Gasteiger partial charge on any atom is -0.474 e. The number of hydrogen-bond donors (Lipinski definition) is 1. The summed E-state index contributed by atoms with van der Waals surface area (Å²) in [5.41, 5.74) is 0. The molecule has 0 atom stereocenters. The first kappa shape index (κ1) is 19.6. The minimum absolute atomic E-state index is 0.294. The Hall–Kier alpha value is -1.45. The molecule has 1 aliphatic heterocycles. The quantitative estimate of drug-likeness (QED) is 0.167. The van der Waals surface area contributed by atoms with Crippen LogP contribution in [0.2, 0.25) is 0 Å². The maximum atomic E-state index is 10.5. The van der Waals surface area contributed by atoms with Crippen LogP contribution in [-0.4, -0.2) is 20.1 Å². The Labute approximate surface area is 136 Å². The number of unbranched alkanes of at least 4 members (excludes halogenated alkanes) is 8. The average Bonchev–Trinajstić information content (AvgIpc) is 2.49. The third-order valence-corrected chi connectivity index (χ3v) is 3.79. The molecule has 0 aromatic heterocycles. The van der Waals surface area contributed by atoms with Gasteiger partial charge in [0.15, 0.2) is 0 Å². The van der Waals surface area contributed by atoms with Gasteiger partial charge in [-0.05, 0) is 24.3 Å². The normalized spacial score (nSPS) is 15.2. The summed E-state index contributed by atoms with van der Waals surface area (Å²) in [4.78, 5) is 8.88. The summed E-state index contributed by atoms with van der Waals surface area (Å²) >= 11 is 0. The van der Waals surface area contributed by atoms with Gasteiger partial charge >= 0.3 is 22.3 Å². The average molecular weight is 352 g/mol. The highest BCUT2D eigenvalue weighted by atomic mass is 32.3. The first-order valence-corrected chi connectivity index (χ1v) is 9.02. The molecule has 23 heavy (non-hydrogen) atoms. The molecular formula is C14H24O8S. The SMILES string of the molecule is C=CCCCCCCCCCCOOOC(O)=C1OS(=O)(=O)O1. The van der Waals surface area contributed by atoms with Crippen LogP contribution >= 0.6 is 0 Å². The Kier molecular flexibility index (Phi) is 9.49. The Morgan fingerprint density at radius 1 is 1.04 bits per heavy atom. The highest BCUT2D eigenvalue weighted by Crippen LogP contribution is 2.24. The maximum absolute atomic E-state index is 10.5. The Morgan fingerprint density at radius 2 is 1.61 bits per heavy atom. The second kappa shape index (κ2) is 11.1. The molecule has 0 unspecified atom stereocenters. The molecule has 0 aliphatic carbocycles. The fourth-order valence-electron chi connectivity index (χ4n) is 1.90. The summed E-state index contributed by atoms with van der Waals surface area (Å²) in [6, 6.07) is 0. The van der Waals surface area contributed by atoms with Crippen molar-refractivity contribution in [1.82, 2.24) is 0 Å². The molecule has 1 rings (SSSR count). The number of aliphatic hydroxyl groups excluding tert-OH is 1. The van der Waals surface area contributed by atoms with Crippen molar-refractivity contribution in [2.24, 2.45) is 0 Å². The predicted octanol–water partition coefficient (Wildman–Crippen LogP) is 3.54. The van der Waals surface area contributed by atoms with Crippen molar-refractivity contribution in [2.45, 2.75) is 57.8 Å². The van der Waals surface area contributed by atoms with Gasteiger partial charge in [0.25, 0.3) is 0 Å². The number of hydrogen-bond acceptors (Lipinski definition) is 8. The summed E-state index contributed by atoms with van der Waals surface area (Å²) in [6.07, 6.45) is 12.1. The van der Waals surface area contributed by atoms with Crippen molar-refractivity contribution in [1.29, 1.82) is 0 Å². The van der Waals surface area contributed by atoms with Gasteiger partial charge in [0.2, 0.25) is 0 Å². The fourth-order valence-corrected chi connectivity index (χ4v) is 2.42. The second-order valence-electron chi connectivity index (χ2n) is 5.05. The van der Waals surface area contributed by atoms with E-state index in [4.69, 9.17) is 5.11 Å². The van der Waals surface area contributed by atoms with Crippen molar-refractivity contribution in [2.75, 3.05) is 6.61 Å². The molecule has 134 valence electrons. The molecule has 1 N–H and O–H groups in total. The van der Waals surface area contributed by atoms with Crippen LogP contribution in [0, 0.1) is 0 Å². The van der Waals surface area contributed by atoms with Crippen LogP contribution < -0.4 is 0 Å². The number of allylic oxidation sites excluding steroid dienone is 1. The lowest BCUT2D eigenvalue weighted by Crippen LogP contribution is -2.24. The lowest BCUT2D eigenvalue weighted by Gasteiger charge is -2.16. The zero-order valence-electron chi connectivity index (χ0n) is 13.1. The summed E-state index contributed by atoms with van der Waals surface area (Å²) in [5.74, 6) is -1.65. The summed E-state index contributed by atoms with van der Waals surface area (Å²) < 4.78 is 29.1. The fraction of sp³-hybridized carbons (Fsp3) is 0.714. The maximum Gasteiger partial charge on any atom is 0.506 e. The van der Waals surface area contributed by atoms with E-state index in [0.29, 0.717) is 6.61 Å². The zero-order valence-corrected chi connectivity index (χ0v) is 13.9. The predicted molar refractivity (Wildman–Crippen MR) is 80.6 cm³/mol. The van der Waals surface area contributed by atoms with E-state index >= 15 is 0 Å². The molecule has 0 bridgehead atoms. The number of aliphatic hydroxyl groups is 1. The molecule has 0 radical (unpaired) electrons. The van der Waals surface area contributed by atoms with Crippen LogP contribution in [0.4, 0.5) is 0 Å². The largest absolute Gasteiger partial charge is 0.506 e. The molecule has 9 heteroatoms. The first-order chi connectivity index (χ1) is 11.0. The van der Waals surface area contributed by atoms with Crippen LogP contribution in [0.5, 0.6) is 0 Å². The van der Waals surface area contributed by atoms with Gasteiger partial charge in [0.05, 0.1) is 6.61 Å². The third-order valence-electron chi connectivity index (χ3n) is 3.08. The van der Waals surface area contributed by atoms with Gasteiger partial charge in [-0.25, -0.2) is 0 Å².